The largest absolute Gasteiger partial charge is 0.345 e. The Morgan fingerprint density at radius 1 is 0.938 bits per heavy atom. The molecule has 0 radical (unpaired) electrons. The van der Waals surface area contributed by atoms with E-state index in [2.05, 4.69) is 13.8 Å². The van der Waals surface area contributed by atoms with Crippen LogP contribution in [0.2, 0.25) is 0 Å². The van der Waals surface area contributed by atoms with E-state index in [1.165, 1.54) is 32.1 Å². The van der Waals surface area contributed by atoms with E-state index < -0.39 is 0 Å². The van der Waals surface area contributed by atoms with Crippen LogP contribution in [0.5, 0.6) is 0 Å². The molecule has 1 aliphatic carbocycles. The standard InChI is InChI=1S/C9H16O2.C3H8.C2H6/c1-9(2)10-7-5-3-4-6-8(7)11-9;1-3-2;1-2/h7-8H,3-6H2,1-2H3;3H2,1-2H3;1-2H3/t7-,8+;;. The van der Waals surface area contributed by atoms with E-state index in [4.69, 9.17) is 9.47 Å². The summed E-state index contributed by atoms with van der Waals surface area (Å²) in [5.74, 6) is -0.320. The molecule has 0 unspecified atom stereocenters. The van der Waals surface area contributed by atoms with Crippen LogP contribution in [-0.2, 0) is 9.47 Å². The smallest absolute Gasteiger partial charge is 0.163 e. The summed E-state index contributed by atoms with van der Waals surface area (Å²) < 4.78 is 11.5. The van der Waals surface area contributed by atoms with Gasteiger partial charge in [0.05, 0.1) is 12.2 Å². The van der Waals surface area contributed by atoms with E-state index in [9.17, 15) is 0 Å². The van der Waals surface area contributed by atoms with E-state index in [1.807, 2.05) is 27.7 Å². The van der Waals surface area contributed by atoms with Crippen molar-refractivity contribution in [3.05, 3.63) is 0 Å². The zero-order chi connectivity index (χ0) is 12.6. The fraction of sp³-hybridized carbons (Fsp3) is 1.00. The summed E-state index contributed by atoms with van der Waals surface area (Å²) in [5, 5.41) is 0. The van der Waals surface area contributed by atoms with Gasteiger partial charge in [-0.05, 0) is 26.7 Å². The van der Waals surface area contributed by atoms with Crippen molar-refractivity contribution in [2.45, 2.75) is 91.6 Å². The van der Waals surface area contributed by atoms with Gasteiger partial charge in [-0.1, -0.05) is 47.0 Å². The second kappa shape index (κ2) is 8.08. The molecule has 0 aromatic carbocycles. The van der Waals surface area contributed by atoms with E-state index >= 15 is 0 Å². The summed E-state index contributed by atoms with van der Waals surface area (Å²) in [6.07, 6.45) is 7.01. The maximum atomic E-state index is 5.73. The average Bonchev–Trinajstić information content (AvgIpc) is 2.55. The minimum Gasteiger partial charge on any atom is -0.345 e. The lowest BCUT2D eigenvalue weighted by Gasteiger charge is -2.21. The minimum absolute atomic E-state index is 0.320. The highest BCUT2D eigenvalue weighted by atomic mass is 16.7. The van der Waals surface area contributed by atoms with Gasteiger partial charge in [-0.2, -0.15) is 0 Å². The quantitative estimate of drug-likeness (QED) is 0.609. The first kappa shape index (κ1) is 15.9. The molecule has 1 aliphatic heterocycles. The topological polar surface area (TPSA) is 18.5 Å². The van der Waals surface area contributed by atoms with E-state index in [0.717, 1.165) is 0 Å². The predicted octanol–water partition coefficient (Wildman–Crippen LogP) is 4.52. The van der Waals surface area contributed by atoms with Gasteiger partial charge in [-0.15, -0.1) is 0 Å². The molecule has 2 rings (SSSR count). The van der Waals surface area contributed by atoms with Gasteiger partial charge in [0.2, 0.25) is 0 Å². The Hall–Kier alpha value is -0.0800. The normalized spacial score (nSPS) is 30.4. The molecule has 1 saturated carbocycles. The molecule has 1 saturated heterocycles. The molecule has 98 valence electrons. The Balaban J connectivity index is 0.000000394. The predicted molar refractivity (Wildman–Crippen MR) is 69.6 cm³/mol. The van der Waals surface area contributed by atoms with Crippen LogP contribution in [0.15, 0.2) is 0 Å². The van der Waals surface area contributed by atoms with Crippen LogP contribution in [0.1, 0.15) is 73.6 Å². The third-order valence-corrected chi connectivity index (χ3v) is 2.51. The molecule has 0 spiro atoms. The highest BCUT2D eigenvalue weighted by Crippen LogP contribution is 2.36. The molecule has 0 amide bonds. The third kappa shape index (κ3) is 5.31. The Morgan fingerprint density at radius 3 is 1.56 bits per heavy atom. The molecule has 2 nitrogen and oxygen atoms in total. The molecular weight excluding hydrogens is 200 g/mol. The van der Waals surface area contributed by atoms with Crippen LogP contribution in [0.4, 0.5) is 0 Å². The van der Waals surface area contributed by atoms with Crippen molar-refractivity contribution in [2.75, 3.05) is 0 Å². The lowest BCUT2D eigenvalue weighted by Crippen LogP contribution is -2.25. The summed E-state index contributed by atoms with van der Waals surface area (Å²) in [6.45, 7) is 12.3. The van der Waals surface area contributed by atoms with E-state index in [1.54, 1.807) is 0 Å². The van der Waals surface area contributed by atoms with Crippen LogP contribution < -0.4 is 0 Å². The maximum absolute atomic E-state index is 5.73. The average molecular weight is 230 g/mol. The van der Waals surface area contributed by atoms with E-state index in [-0.39, 0.29) is 5.79 Å². The Labute approximate surface area is 102 Å². The van der Waals surface area contributed by atoms with E-state index in [0.29, 0.717) is 12.2 Å². The molecule has 16 heavy (non-hydrogen) atoms. The van der Waals surface area contributed by atoms with Crippen molar-refractivity contribution in [3.63, 3.8) is 0 Å². The molecule has 2 aliphatic rings. The molecule has 0 N–H and O–H groups in total. The maximum Gasteiger partial charge on any atom is 0.163 e. The molecule has 0 bridgehead atoms. The fourth-order valence-electron chi connectivity index (χ4n) is 2.09. The van der Waals surface area contributed by atoms with Crippen molar-refractivity contribution < 1.29 is 9.47 Å². The van der Waals surface area contributed by atoms with Crippen LogP contribution >= 0.6 is 0 Å². The zero-order valence-corrected chi connectivity index (χ0v) is 12.0. The van der Waals surface area contributed by atoms with Crippen LogP contribution in [-0.4, -0.2) is 18.0 Å². The van der Waals surface area contributed by atoms with Crippen molar-refractivity contribution in [1.29, 1.82) is 0 Å². The van der Waals surface area contributed by atoms with Crippen molar-refractivity contribution in [2.24, 2.45) is 0 Å². The van der Waals surface area contributed by atoms with Crippen molar-refractivity contribution >= 4 is 0 Å². The second-order valence-electron chi connectivity index (χ2n) is 4.70. The SMILES string of the molecule is CC.CC1(C)O[C@H]2CCCC[C@H]2O1.CCC. The van der Waals surface area contributed by atoms with Crippen molar-refractivity contribution in [3.8, 4) is 0 Å². The highest BCUT2D eigenvalue weighted by Gasteiger charge is 2.41. The first-order chi connectivity index (χ1) is 7.59. The summed E-state index contributed by atoms with van der Waals surface area (Å²) in [7, 11) is 0. The summed E-state index contributed by atoms with van der Waals surface area (Å²) in [4.78, 5) is 0. The fourth-order valence-corrected chi connectivity index (χ4v) is 2.09. The lowest BCUT2D eigenvalue weighted by molar-refractivity contribution is -0.145. The lowest BCUT2D eigenvalue weighted by atomic mass is 9.95. The molecule has 1 heterocycles. The minimum atomic E-state index is -0.320. The summed E-state index contributed by atoms with van der Waals surface area (Å²) in [5.41, 5.74) is 0. The van der Waals surface area contributed by atoms with Gasteiger partial charge in [0.25, 0.3) is 0 Å². The van der Waals surface area contributed by atoms with Gasteiger partial charge in [0, 0.05) is 0 Å². The molecule has 0 aromatic heterocycles. The molecule has 2 fully saturated rings. The van der Waals surface area contributed by atoms with Gasteiger partial charge in [-0.3, -0.25) is 0 Å². The van der Waals surface area contributed by atoms with Gasteiger partial charge >= 0.3 is 0 Å². The van der Waals surface area contributed by atoms with Crippen LogP contribution in [0.25, 0.3) is 0 Å². The zero-order valence-electron chi connectivity index (χ0n) is 12.0. The highest BCUT2D eigenvalue weighted by molar-refractivity contribution is 4.84. The Morgan fingerprint density at radius 2 is 1.25 bits per heavy atom. The number of rotatable bonds is 0. The first-order valence-electron chi connectivity index (χ1n) is 6.94. The molecular formula is C14H30O2. The number of hydrogen-bond acceptors (Lipinski definition) is 2. The summed E-state index contributed by atoms with van der Waals surface area (Å²) >= 11 is 0. The Bertz CT molecular complexity index is 150. The van der Waals surface area contributed by atoms with Gasteiger partial charge < -0.3 is 9.47 Å². The second-order valence-corrected chi connectivity index (χ2v) is 4.70. The molecule has 0 aromatic rings. The number of ether oxygens (including phenoxy) is 2. The van der Waals surface area contributed by atoms with Crippen LogP contribution in [0.3, 0.4) is 0 Å². The molecule has 2 heteroatoms. The monoisotopic (exact) mass is 230 g/mol. The molecule has 2 atom stereocenters. The Kier molecular flexibility index (Phi) is 8.04. The van der Waals surface area contributed by atoms with Gasteiger partial charge in [0.15, 0.2) is 5.79 Å². The van der Waals surface area contributed by atoms with Gasteiger partial charge in [-0.25, -0.2) is 0 Å². The van der Waals surface area contributed by atoms with Crippen molar-refractivity contribution in [1.82, 2.24) is 0 Å². The number of fused-ring (bicyclic) bond motifs is 1. The first-order valence-corrected chi connectivity index (χ1v) is 6.94. The number of hydrogen-bond donors (Lipinski definition) is 0. The van der Waals surface area contributed by atoms with Gasteiger partial charge in [0.1, 0.15) is 0 Å². The summed E-state index contributed by atoms with van der Waals surface area (Å²) in [6, 6.07) is 0. The third-order valence-electron chi connectivity index (χ3n) is 2.51. The van der Waals surface area contributed by atoms with Crippen LogP contribution in [0, 0.1) is 0 Å².